The minimum atomic E-state index is 0.794. The van der Waals surface area contributed by atoms with Crippen molar-refractivity contribution in [2.45, 2.75) is 32.2 Å². The smallest absolute Gasteiger partial charge is 0.00954 e. The van der Waals surface area contributed by atoms with Crippen molar-refractivity contribution in [1.82, 2.24) is 5.32 Å². The average molecular weight is 265 g/mol. The maximum absolute atomic E-state index is 3.34. The Morgan fingerprint density at radius 2 is 2.36 bits per heavy atom. The molecule has 1 nitrogen and oxygen atoms in total. The zero-order chi connectivity index (χ0) is 8.27. The number of nitrogens with one attached hydrogen (secondary N) is 1. The molecule has 1 aliphatic carbocycles. The Morgan fingerprint density at radius 3 is 2.73 bits per heavy atom. The summed E-state index contributed by atoms with van der Waals surface area (Å²) < 4.78 is 1.42. The molecule has 0 aromatic carbocycles. The van der Waals surface area contributed by atoms with Crippen molar-refractivity contribution in [2.75, 3.05) is 7.05 Å². The molecule has 0 aliphatic heterocycles. The van der Waals surface area contributed by atoms with Gasteiger partial charge in [-0.2, -0.15) is 0 Å². The van der Waals surface area contributed by atoms with Crippen LogP contribution in [0.3, 0.4) is 0 Å². The van der Waals surface area contributed by atoms with E-state index < -0.39 is 0 Å². The van der Waals surface area contributed by atoms with Crippen molar-refractivity contribution in [3.8, 4) is 0 Å². The summed E-state index contributed by atoms with van der Waals surface area (Å²) in [7, 11) is 2.07. The van der Waals surface area contributed by atoms with Crippen LogP contribution in [-0.2, 0) is 0 Å². The normalized spacial score (nSPS) is 31.7. The Bertz CT molecular complexity index is 148. The van der Waals surface area contributed by atoms with Crippen molar-refractivity contribution >= 4 is 22.6 Å². The first-order valence-electron chi connectivity index (χ1n) is 4.23. The third-order valence-corrected chi connectivity index (χ3v) is 2.93. The number of halogens is 1. The maximum atomic E-state index is 3.34. The van der Waals surface area contributed by atoms with Crippen LogP contribution in [0.4, 0.5) is 0 Å². The number of hydrogen-bond acceptors (Lipinski definition) is 1. The molecule has 1 saturated carbocycles. The zero-order valence-electron chi connectivity index (χ0n) is 7.23. The van der Waals surface area contributed by atoms with Crippen LogP contribution in [0.15, 0.2) is 9.66 Å². The molecular formula is C9H16IN. The van der Waals surface area contributed by atoms with Gasteiger partial charge in [-0.1, -0.05) is 6.08 Å². The van der Waals surface area contributed by atoms with E-state index in [2.05, 4.69) is 48.0 Å². The van der Waals surface area contributed by atoms with Gasteiger partial charge in [0, 0.05) is 6.04 Å². The van der Waals surface area contributed by atoms with Crippen molar-refractivity contribution < 1.29 is 0 Å². The summed E-state index contributed by atoms with van der Waals surface area (Å²) in [5, 5.41) is 3.34. The van der Waals surface area contributed by atoms with Crippen LogP contribution in [0.5, 0.6) is 0 Å². The van der Waals surface area contributed by atoms with E-state index in [0.29, 0.717) is 0 Å². The molecule has 0 aromatic rings. The van der Waals surface area contributed by atoms with E-state index in [1.165, 1.54) is 22.8 Å². The molecule has 0 radical (unpaired) electrons. The fourth-order valence-electron chi connectivity index (χ4n) is 1.54. The van der Waals surface area contributed by atoms with E-state index >= 15 is 0 Å². The molecule has 11 heavy (non-hydrogen) atoms. The Morgan fingerprint density at radius 1 is 1.64 bits per heavy atom. The first kappa shape index (κ1) is 9.52. The molecule has 2 atom stereocenters. The van der Waals surface area contributed by atoms with Gasteiger partial charge in [-0.05, 0) is 65.3 Å². The van der Waals surface area contributed by atoms with E-state index in [-0.39, 0.29) is 0 Å². The van der Waals surface area contributed by atoms with E-state index in [0.717, 1.165) is 12.0 Å². The van der Waals surface area contributed by atoms with Gasteiger partial charge in [0.05, 0.1) is 0 Å². The van der Waals surface area contributed by atoms with Gasteiger partial charge in [0.15, 0.2) is 0 Å². The van der Waals surface area contributed by atoms with Crippen molar-refractivity contribution in [3.63, 3.8) is 0 Å². The quantitative estimate of drug-likeness (QED) is 0.774. The molecule has 2 heteroatoms. The molecule has 0 unspecified atom stereocenters. The highest BCUT2D eigenvalue weighted by molar-refractivity contribution is 14.1. The van der Waals surface area contributed by atoms with Crippen LogP contribution in [-0.4, -0.2) is 13.1 Å². The van der Waals surface area contributed by atoms with E-state index in [4.69, 9.17) is 0 Å². The molecule has 0 saturated heterocycles. The van der Waals surface area contributed by atoms with Gasteiger partial charge in [0.25, 0.3) is 0 Å². The molecule has 64 valence electrons. The number of allylic oxidation sites excluding steroid dienone is 2. The highest BCUT2D eigenvalue weighted by atomic mass is 127. The molecule has 0 aromatic heterocycles. The van der Waals surface area contributed by atoms with Gasteiger partial charge in [-0.25, -0.2) is 0 Å². The van der Waals surface area contributed by atoms with Gasteiger partial charge < -0.3 is 5.32 Å². The molecule has 1 rings (SSSR count). The lowest BCUT2D eigenvalue weighted by atomic mass is 9.77. The summed E-state index contributed by atoms with van der Waals surface area (Å²) in [5.74, 6) is 0.907. The number of hydrogen-bond donors (Lipinski definition) is 1. The second-order valence-electron chi connectivity index (χ2n) is 3.26. The van der Waals surface area contributed by atoms with Crippen molar-refractivity contribution in [1.29, 1.82) is 0 Å². The Kier molecular flexibility index (Phi) is 3.85. The Balaban J connectivity index is 2.22. The van der Waals surface area contributed by atoms with E-state index in [1.807, 2.05) is 0 Å². The molecule has 0 bridgehead atoms. The van der Waals surface area contributed by atoms with Crippen LogP contribution in [0.2, 0.25) is 0 Å². The van der Waals surface area contributed by atoms with Crippen LogP contribution in [0.25, 0.3) is 0 Å². The number of rotatable bonds is 3. The molecule has 0 spiro atoms. The van der Waals surface area contributed by atoms with E-state index in [1.54, 1.807) is 0 Å². The fourth-order valence-corrected chi connectivity index (χ4v) is 1.80. The lowest BCUT2D eigenvalue weighted by Gasteiger charge is -2.35. The topological polar surface area (TPSA) is 12.0 Å². The summed E-state index contributed by atoms with van der Waals surface area (Å²) in [5.41, 5.74) is 0. The zero-order valence-corrected chi connectivity index (χ0v) is 9.39. The monoisotopic (exact) mass is 265 g/mol. The fraction of sp³-hybridized carbons (Fsp3) is 0.778. The predicted octanol–water partition coefficient (Wildman–Crippen LogP) is 2.71. The molecule has 1 N–H and O–H groups in total. The molecule has 1 aliphatic rings. The van der Waals surface area contributed by atoms with Gasteiger partial charge in [-0.3, -0.25) is 0 Å². The summed E-state index contributed by atoms with van der Waals surface area (Å²) in [6.45, 7) is 2.16. The molecule has 1 fully saturated rings. The first-order chi connectivity index (χ1) is 5.24. The minimum Gasteiger partial charge on any atom is -0.317 e. The van der Waals surface area contributed by atoms with Crippen molar-refractivity contribution in [3.05, 3.63) is 9.66 Å². The second-order valence-corrected chi connectivity index (χ2v) is 4.96. The van der Waals surface area contributed by atoms with Crippen LogP contribution in [0, 0.1) is 5.92 Å². The summed E-state index contributed by atoms with van der Waals surface area (Å²) in [6, 6.07) is 0.794. The minimum absolute atomic E-state index is 0.794. The highest BCUT2D eigenvalue weighted by Crippen LogP contribution is 2.30. The average Bonchev–Trinajstić information content (AvgIpc) is 1.86. The third-order valence-electron chi connectivity index (χ3n) is 2.49. The third kappa shape index (κ3) is 2.75. The summed E-state index contributed by atoms with van der Waals surface area (Å²) in [4.78, 5) is 0. The summed E-state index contributed by atoms with van der Waals surface area (Å²) in [6.07, 6.45) is 6.39. The highest BCUT2D eigenvalue weighted by Gasteiger charge is 2.27. The largest absolute Gasteiger partial charge is 0.317 e. The van der Waals surface area contributed by atoms with Gasteiger partial charge in [0.1, 0.15) is 0 Å². The Hall–Kier alpha value is 0.430. The van der Waals surface area contributed by atoms with Crippen LogP contribution >= 0.6 is 22.6 Å². The van der Waals surface area contributed by atoms with Gasteiger partial charge in [-0.15, -0.1) is 0 Å². The lowest BCUT2D eigenvalue weighted by Crippen LogP contribution is -2.41. The lowest BCUT2D eigenvalue weighted by molar-refractivity contribution is 0.223. The SMILES string of the molecule is CN[C@@H]1CC[C@H]1C/C=C(\C)I. The summed E-state index contributed by atoms with van der Waals surface area (Å²) >= 11 is 2.38. The van der Waals surface area contributed by atoms with Crippen LogP contribution in [0.1, 0.15) is 26.2 Å². The molecule has 0 heterocycles. The predicted molar refractivity (Wildman–Crippen MR) is 58.0 cm³/mol. The standard InChI is InChI=1S/C9H16IN/c1-7(10)3-4-8-5-6-9(8)11-2/h3,8-9,11H,4-6H2,1-2H3/b7-3+/t8-,9-/m1/s1. The maximum Gasteiger partial charge on any atom is 0.00954 e. The van der Waals surface area contributed by atoms with E-state index in [9.17, 15) is 0 Å². The van der Waals surface area contributed by atoms with Crippen LogP contribution < -0.4 is 5.32 Å². The Labute approximate surface area is 82.8 Å². The molecular weight excluding hydrogens is 249 g/mol. The van der Waals surface area contributed by atoms with Gasteiger partial charge >= 0.3 is 0 Å². The van der Waals surface area contributed by atoms with Gasteiger partial charge in [0.2, 0.25) is 0 Å². The second kappa shape index (κ2) is 4.45. The molecule has 0 amide bonds. The van der Waals surface area contributed by atoms with Crippen molar-refractivity contribution in [2.24, 2.45) is 5.92 Å². The first-order valence-corrected chi connectivity index (χ1v) is 5.31.